The van der Waals surface area contributed by atoms with Gasteiger partial charge in [0.1, 0.15) is 0 Å². The Labute approximate surface area is 91.6 Å². The second-order valence-corrected chi connectivity index (χ2v) is 3.40. The monoisotopic (exact) mass is 224 g/mol. The summed E-state index contributed by atoms with van der Waals surface area (Å²) >= 11 is 5.91. The van der Waals surface area contributed by atoms with Gasteiger partial charge < -0.3 is 9.15 Å². The SMILES string of the molecule is CCOC(=O)c1cc2cccc(Cl)c2o1. The molecule has 4 heteroatoms. The van der Waals surface area contributed by atoms with Crippen LogP contribution in [-0.2, 0) is 4.74 Å². The molecule has 1 aromatic carbocycles. The Balaban J connectivity index is 2.47. The van der Waals surface area contributed by atoms with Gasteiger partial charge in [0.2, 0.25) is 5.76 Å². The van der Waals surface area contributed by atoms with Crippen LogP contribution in [0.3, 0.4) is 0 Å². The number of esters is 1. The molecule has 0 unspecified atom stereocenters. The molecule has 0 N–H and O–H groups in total. The summed E-state index contributed by atoms with van der Waals surface area (Å²) < 4.78 is 10.1. The third kappa shape index (κ3) is 1.83. The maximum absolute atomic E-state index is 11.4. The van der Waals surface area contributed by atoms with Crippen LogP contribution in [0.5, 0.6) is 0 Å². The summed E-state index contributed by atoms with van der Waals surface area (Å²) in [5.41, 5.74) is 0.516. The molecule has 2 rings (SSSR count). The normalized spacial score (nSPS) is 10.5. The van der Waals surface area contributed by atoms with E-state index in [0.717, 1.165) is 5.39 Å². The Morgan fingerprint density at radius 1 is 1.53 bits per heavy atom. The number of carbonyl (C=O) groups excluding carboxylic acids is 1. The zero-order chi connectivity index (χ0) is 10.8. The highest BCUT2D eigenvalue weighted by molar-refractivity contribution is 6.34. The first-order valence-corrected chi connectivity index (χ1v) is 4.95. The molecule has 0 aliphatic rings. The van der Waals surface area contributed by atoms with Crippen molar-refractivity contribution in [3.05, 3.63) is 35.0 Å². The van der Waals surface area contributed by atoms with E-state index < -0.39 is 5.97 Å². The summed E-state index contributed by atoms with van der Waals surface area (Å²) in [4.78, 5) is 11.4. The first-order chi connectivity index (χ1) is 7.22. The summed E-state index contributed by atoms with van der Waals surface area (Å²) in [6.07, 6.45) is 0. The van der Waals surface area contributed by atoms with E-state index in [1.807, 2.05) is 6.07 Å². The van der Waals surface area contributed by atoms with Crippen LogP contribution in [0.15, 0.2) is 28.7 Å². The molecule has 0 aliphatic carbocycles. The van der Waals surface area contributed by atoms with Crippen molar-refractivity contribution in [3.8, 4) is 0 Å². The highest BCUT2D eigenvalue weighted by Crippen LogP contribution is 2.26. The molecule has 0 saturated carbocycles. The molecule has 78 valence electrons. The minimum atomic E-state index is -0.468. The summed E-state index contributed by atoms with van der Waals surface area (Å²) in [7, 11) is 0. The number of halogens is 1. The van der Waals surface area contributed by atoms with Crippen LogP contribution in [0.4, 0.5) is 0 Å². The summed E-state index contributed by atoms with van der Waals surface area (Å²) in [5, 5.41) is 1.29. The van der Waals surface area contributed by atoms with Gasteiger partial charge in [0.05, 0.1) is 11.6 Å². The van der Waals surface area contributed by atoms with Crippen LogP contribution in [-0.4, -0.2) is 12.6 Å². The fraction of sp³-hybridized carbons (Fsp3) is 0.182. The van der Waals surface area contributed by atoms with Crippen LogP contribution in [0.1, 0.15) is 17.5 Å². The van der Waals surface area contributed by atoms with Gasteiger partial charge in [0.25, 0.3) is 0 Å². The smallest absolute Gasteiger partial charge is 0.374 e. The Morgan fingerprint density at radius 3 is 3.00 bits per heavy atom. The molecule has 0 atom stereocenters. The Bertz CT molecular complexity index is 502. The standard InChI is InChI=1S/C11H9ClO3/c1-2-14-11(13)9-6-7-4-3-5-8(12)10(7)15-9/h3-6H,2H2,1H3. The molecular formula is C11H9ClO3. The van der Waals surface area contributed by atoms with E-state index in [2.05, 4.69) is 0 Å². The average Bonchev–Trinajstić information content (AvgIpc) is 2.63. The lowest BCUT2D eigenvalue weighted by atomic mass is 10.2. The fourth-order valence-corrected chi connectivity index (χ4v) is 1.55. The van der Waals surface area contributed by atoms with Crippen LogP contribution in [0, 0.1) is 0 Å². The topological polar surface area (TPSA) is 39.4 Å². The van der Waals surface area contributed by atoms with Gasteiger partial charge in [0.15, 0.2) is 5.58 Å². The third-order valence-corrected chi connectivity index (χ3v) is 2.27. The number of fused-ring (bicyclic) bond motifs is 1. The predicted octanol–water partition coefficient (Wildman–Crippen LogP) is 3.26. The van der Waals surface area contributed by atoms with Crippen molar-refractivity contribution in [1.82, 2.24) is 0 Å². The molecule has 0 amide bonds. The second kappa shape index (κ2) is 3.95. The largest absolute Gasteiger partial charge is 0.460 e. The Kier molecular flexibility index (Phi) is 2.64. The number of hydrogen-bond donors (Lipinski definition) is 0. The van der Waals surface area contributed by atoms with Crippen molar-refractivity contribution in [1.29, 1.82) is 0 Å². The van der Waals surface area contributed by atoms with E-state index in [4.69, 9.17) is 20.8 Å². The van der Waals surface area contributed by atoms with Crippen molar-refractivity contribution in [2.24, 2.45) is 0 Å². The van der Waals surface area contributed by atoms with Gasteiger partial charge in [-0.05, 0) is 19.1 Å². The summed E-state index contributed by atoms with van der Waals surface area (Å²) in [5.74, 6) is -0.287. The van der Waals surface area contributed by atoms with E-state index in [1.165, 1.54) is 0 Å². The number of hydrogen-bond acceptors (Lipinski definition) is 3. The molecule has 0 bridgehead atoms. The third-order valence-electron chi connectivity index (χ3n) is 1.97. The first kappa shape index (κ1) is 10.1. The number of rotatable bonds is 2. The van der Waals surface area contributed by atoms with Crippen molar-refractivity contribution in [2.75, 3.05) is 6.61 Å². The van der Waals surface area contributed by atoms with E-state index in [0.29, 0.717) is 17.2 Å². The number of para-hydroxylation sites is 1. The number of ether oxygens (including phenoxy) is 1. The number of carbonyl (C=O) groups is 1. The van der Waals surface area contributed by atoms with Gasteiger partial charge in [-0.3, -0.25) is 0 Å². The van der Waals surface area contributed by atoms with Crippen LogP contribution in [0.2, 0.25) is 5.02 Å². The Hall–Kier alpha value is -1.48. The van der Waals surface area contributed by atoms with Gasteiger partial charge in [0, 0.05) is 5.39 Å². The molecule has 0 aliphatic heterocycles. The van der Waals surface area contributed by atoms with Crippen molar-refractivity contribution >= 4 is 28.5 Å². The van der Waals surface area contributed by atoms with Gasteiger partial charge in [-0.15, -0.1) is 0 Å². The molecule has 2 aromatic rings. The van der Waals surface area contributed by atoms with Gasteiger partial charge >= 0.3 is 5.97 Å². The molecule has 15 heavy (non-hydrogen) atoms. The zero-order valence-corrected chi connectivity index (χ0v) is 8.88. The summed E-state index contributed by atoms with van der Waals surface area (Å²) in [6, 6.07) is 6.96. The Morgan fingerprint density at radius 2 is 2.33 bits per heavy atom. The van der Waals surface area contributed by atoms with E-state index in [9.17, 15) is 4.79 Å². The fourth-order valence-electron chi connectivity index (χ4n) is 1.33. The molecule has 0 fully saturated rings. The minimum absolute atomic E-state index is 0.181. The highest BCUT2D eigenvalue weighted by Gasteiger charge is 2.14. The predicted molar refractivity (Wildman–Crippen MR) is 57.2 cm³/mol. The quantitative estimate of drug-likeness (QED) is 0.735. The van der Waals surface area contributed by atoms with E-state index in [1.54, 1.807) is 25.1 Å². The second-order valence-electron chi connectivity index (χ2n) is 2.99. The van der Waals surface area contributed by atoms with E-state index >= 15 is 0 Å². The molecule has 1 aromatic heterocycles. The molecule has 1 heterocycles. The van der Waals surface area contributed by atoms with Crippen molar-refractivity contribution in [3.63, 3.8) is 0 Å². The highest BCUT2D eigenvalue weighted by atomic mass is 35.5. The van der Waals surface area contributed by atoms with Crippen LogP contribution >= 0.6 is 11.6 Å². The summed E-state index contributed by atoms with van der Waals surface area (Å²) in [6.45, 7) is 2.07. The number of benzene rings is 1. The molecular weight excluding hydrogens is 216 g/mol. The van der Waals surface area contributed by atoms with Gasteiger partial charge in [-0.1, -0.05) is 23.7 Å². The minimum Gasteiger partial charge on any atom is -0.460 e. The lowest BCUT2D eigenvalue weighted by molar-refractivity contribution is 0.0492. The lowest BCUT2D eigenvalue weighted by Crippen LogP contribution is -2.02. The lowest BCUT2D eigenvalue weighted by Gasteiger charge is -1.95. The van der Waals surface area contributed by atoms with Crippen LogP contribution in [0.25, 0.3) is 11.0 Å². The molecule has 0 saturated heterocycles. The molecule has 3 nitrogen and oxygen atoms in total. The van der Waals surface area contributed by atoms with Gasteiger partial charge in [-0.25, -0.2) is 4.79 Å². The van der Waals surface area contributed by atoms with Crippen molar-refractivity contribution in [2.45, 2.75) is 6.92 Å². The van der Waals surface area contributed by atoms with Crippen LogP contribution < -0.4 is 0 Å². The maximum atomic E-state index is 11.4. The zero-order valence-electron chi connectivity index (χ0n) is 8.12. The average molecular weight is 225 g/mol. The van der Waals surface area contributed by atoms with Gasteiger partial charge in [-0.2, -0.15) is 0 Å². The maximum Gasteiger partial charge on any atom is 0.374 e. The first-order valence-electron chi connectivity index (χ1n) is 4.57. The van der Waals surface area contributed by atoms with Crippen molar-refractivity contribution < 1.29 is 13.9 Å². The van der Waals surface area contributed by atoms with E-state index in [-0.39, 0.29) is 5.76 Å². The number of furan rings is 1. The molecule has 0 radical (unpaired) electrons. The molecule has 0 spiro atoms.